The topological polar surface area (TPSA) is 138 Å². The first-order chi connectivity index (χ1) is 12.9. The molecule has 1 amide bonds. The van der Waals surface area contributed by atoms with Crippen LogP contribution in [0.4, 0.5) is 13.2 Å². The first-order valence-electron chi connectivity index (χ1n) is 7.81. The van der Waals surface area contributed by atoms with Gasteiger partial charge >= 0.3 is 6.18 Å². The summed E-state index contributed by atoms with van der Waals surface area (Å²) in [6, 6.07) is 3.18. The van der Waals surface area contributed by atoms with Gasteiger partial charge in [0.25, 0.3) is 5.91 Å². The monoisotopic (exact) mass is 418 g/mol. The van der Waals surface area contributed by atoms with E-state index in [1.54, 1.807) is 0 Å². The molecule has 0 saturated heterocycles. The van der Waals surface area contributed by atoms with Gasteiger partial charge in [0.05, 0.1) is 23.2 Å². The number of rotatable bonds is 7. The van der Waals surface area contributed by atoms with E-state index in [2.05, 4.69) is 9.97 Å². The number of amides is 1. The second-order valence-corrected chi connectivity index (χ2v) is 8.17. The van der Waals surface area contributed by atoms with E-state index in [1.165, 1.54) is 6.07 Å². The van der Waals surface area contributed by atoms with Gasteiger partial charge in [0, 0.05) is 25.3 Å². The Morgan fingerprint density at radius 1 is 1.25 bits per heavy atom. The number of alkyl halides is 3. The number of aryl methyl sites for hydroxylation is 1. The molecule has 2 heterocycles. The lowest BCUT2D eigenvalue weighted by Crippen LogP contribution is -2.17. The normalized spacial score (nSPS) is 12.0. The highest BCUT2D eigenvalue weighted by atomic mass is 32.2. The summed E-state index contributed by atoms with van der Waals surface area (Å²) in [6.45, 7) is -0.169. The maximum Gasteiger partial charge on any atom is 0.433 e. The second-order valence-electron chi connectivity index (χ2n) is 5.91. The summed E-state index contributed by atoms with van der Waals surface area (Å²) in [4.78, 5) is 19.0. The number of ether oxygens (including phenoxy) is 1. The van der Waals surface area contributed by atoms with E-state index < -0.39 is 33.5 Å². The molecule has 2 rings (SSSR count). The van der Waals surface area contributed by atoms with Crippen LogP contribution in [0.3, 0.4) is 0 Å². The van der Waals surface area contributed by atoms with E-state index >= 15 is 0 Å². The van der Waals surface area contributed by atoms with Crippen molar-refractivity contribution in [3.8, 4) is 11.6 Å². The zero-order valence-electron chi connectivity index (χ0n) is 14.7. The van der Waals surface area contributed by atoms with Crippen LogP contribution >= 0.6 is 0 Å². The molecule has 0 atom stereocenters. The van der Waals surface area contributed by atoms with E-state index in [4.69, 9.17) is 16.2 Å². The predicted octanol–water partition coefficient (Wildman–Crippen LogP) is 1.43. The van der Waals surface area contributed by atoms with Crippen LogP contribution in [-0.4, -0.2) is 36.3 Å². The Balaban J connectivity index is 2.36. The molecule has 12 heteroatoms. The molecule has 8 nitrogen and oxygen atoms in total. The van der Waals surface area contributed by atoms with Crippen molar-refractivity contribution in [1.29, 1.82) is 0 Å². The van der Waals surface area contributed by atoms with Gasteiger partial charge in [-0.2, -0.15) is 13.2 Å². The number of carbonyl (C=O) groups is 1. The van der Waals surface area contributed by atoms with Crippen LogP contribution in [0.2, 0.25) is 0 Å². The minimum absolute atomic E-state index is 0.0590. The molecule has 152 valence electrons. The molecule has 28 heavy (non-hydrogen) atoms. The molecule has 0 radical (unpaired) electrons. The zero-order valence-corrected chi connectivity index (χ0v) is 15.5. The molecule has 0 unspecified atom stereocenters. The summed E-state index contributed by atoms with van der Waals surface area (Å²) < 4.78 is 66.7. The summed E-state index contributed by atoms with van der Waals surface area (Å²) in [5, 5.41) is 0. The van der Waals surface area contributed by atoms with Crippen LogP contribution in [0.1, 0.15) is 27.3 Å². The molecule has 0 aromatic carbocycles. The van der Waals surface area contributed by atoms with Crippen molar-refractivity contribution in [2.45, 2.75) is 19.1 Å². The van der Waals surface area contributed by atoms with Gasteiger partial charge in [-0.05, 0) is 17.7 Å². The molecule has 0 aliphatic heterocycles. The Morgan fingerprint density at radius 3 is 2.46 bits per heavy atom. The second kappa shape index (κ2) is 8.10. The minimum atomic E-state index is -4.70. The van der Waals surface area contributed by atoms with Gasteiger partial charge in [-0.3, -0.25) is 9.78 Å². The number of hydrogen-bond acceptors (Lipinski definition) is 7. The maximum absolute atomic E-state index is 12.9. The molecule has 0 spiro atoms. The summed E-state index contributed by atoms with van der Waals surface area (Å²) in [5.74, 6) is -1.63. The van der Waals surface area contributed by atoms with Gasteiger partial charge in [0.2, 0.25) is 5.88 Å². The Labute approximate surface area is 158 Å². The van der Waals surface area contributed by atoms with Gasteiger partial charge in [-0.1, -0.05) is 0 Å². The molecule has 0 aliphatic carbocycles. The highest BCUT2D eigenvalue weighted by Gasteiger charge is 2.33. The molecule has 0 saturated carbocycles. The van der Waals surface area contributed by atoms with Gasteiger partial charge in [0.1, 0.15) is 21.3 Å². The number of nitrogens with zero attached hydrogens (tertiary/aromatic N) is 2. The number of nitrogens with two attached hydrogens (primary N) is 2. The van der Waals surface area contributed by atoms with Gasteiger partial charge < -0.3 is 16.2 Å². The summed E-state index contributed by atoms with van der Waals surface area (Å²) >= 11 is 0. The van der Waals surface area contributed by atoms with E-state index in [9.17, 15) is 26.4 Å². The SMILES string of the molecule is CS(=O)(=O)CCc1ncc(Oc2cc(CN)cc(C(F)(F)F)n2)cc1C(N)=O. The third-order valence-corrected chi connectivity index (χ3v) is 4.48. The number of hydrogen-bond donors (Lipinski definition) is 2. The average molecular weight is 418 g/mol. The van der Waals surface area contributed by atoms with Crippen LogP contribution in [-0.2, 0) is 29.0 Å². The van der Waals surface area contributed by atoms with E-state index in [0.717, 1.165) is 24.6 Å². The largest absolute Gasteiger partial charge is 0.437 e. The third-order valence-electron chi connectivity index (χ3n) is 3.53. The number of sulfone groups is 1. The first-order valence-corrected chi connectivity index (χ1v) is 9.87. The number of halogens is 3. The van der Waals surface area contributed by atoms with Crippen molar-refractivity contribution in [2.75, 3.05) is 12.0 Å². The van der Waals surface area contributed by atoms with Gasteiger partial charge in [0.15, 0.2) is 0 Å². The Bertz CT molecular complexity index is 994. The van der Waals surface area contributed by atoms with Crippen LogP contribution < -0.4 is 16.2 Å². The van der Waals surface area contributed by atoms with Gasteiger partial charge in [-0.25, -0.2) is 13.4 Å². The highest BCUT2D eigenvalue weighted by molar-refractivity contribution is 7.90. The first kappa shape index (κ1) is 21.6. The molecule has 2 aromatic rings. The van der Waals surface area contributed by atoms with Crippen LogP contribution in [0, 0.1) is 0 Å². The summed E-state index contributed by atoms with van der Waals surface area (Å²) in [6.07, 6.45) is -2.59. The third kappa shape index (κ3) is 5.89. The molecule has 0 bridgehead atoms. The Hall–Kier alpha value is -2.73. The molecule has 0 fully saturated rings. The van der Waals surface area contributed by atoms with Crippen molar-refractivity contribution in [3.05, 3.63) is 46.9 Å². The van der Waals surface area contributed by atoms with Crippen LogP contribution in [0.15, 0.2) is 24.4 Å². The Kier molecular flexibility index (Phi) is 6.24. The minimum Gasteiger partial charge on any atom is -0.437 e. The predicted molar refractivity (Wildman–Crippen MR) is 93.4 cm³/mol. The van der Waals surface area contributed by atoms with E-state index in [-0.39, 0.29) is 41.3 Å². The molecule has 4 N–H and O–H groups in total. The fraction of sp³-hybridized carbons (Fsp3) is 0.312. The fourth-order valence-corrected chi connectivity index (χ4v) is 2.78. The van der Waals surface area contributed by atoms with Crippen molar-refractivity contribution < 1.29 is 31.1 Å². The molecule has 0 aliphatic rings. The van der Waals surface area contributed by atoms with Crippen molar-refractivity contribution in [3.63, 3.8) is 0 Å². The molecular formula is C16H17F3N4O4S. The van der Waals surface area contributed by atoms with Gasteiger partial charge in [-0.15, -0.1) is 0 Å². The number of primary amides is 1. The summed E-state index contributed by atoms with van der Waals surface area (Å²) in [7, 11) is -3.30. The standard InChI is InChI=1S/C16H17F3N4O4S/c1-28(25,26)3-2-12-11(15(21)24)6-10(8-22-12)27-14-5-9(7-20)4-13(23-14)16(17,18)19/h4-6,8H,2-3,7,20H2,1H3,(H2,21,24). The number of carbonyl (C=O) groups excluding carboxylic acids is 1. The Morgan fingerprint density at radius 2 is 1.93 bits per heavy atom. The lowest BCUT2D eigenvalue weighted by atomic mass is 10.1. The lowest BCUT2D eigenvalue weighted by Gasteiger charge is -2.12. The smallest absolute Gasteiger partial charge is 0.433 e. The van der Waals surface area contributed by atoms with Crippen molar-refractivity contribution in [2.24, 2.45) is 11.5 Å². The van der Waals surface area contributed by atoms with Crippen molar-refractivity contribution >= 4 is 15.7 Å². The molecular weight excluding hydrogens is 401 g/mol. The lowest BCUT2D eigenvalue weighted by molar-refractivity contribution is -0.141. The van der Waals surface area contributed by atoms with Crippen molar-refractivity contribution in [1.82, 2.24) is 9.97 Å². The summed E-state index contributed by atoms with van der Waals surface area (Å²) in [5.41, 5.74) is 9.67. The van der Waals surface area contributed by atoms with E-state index in [0.29, 0.717) is 0 Å². The highest BCUT2D eigenvalue weighted by Crippen LogP contribution is 2.31. The number of pyridine rings is 2. The quantitative estimate of drug-likeness (QED) is 0.694. The fourth-order valence-electron chi connectivity index (χ4n) is 2.22. The van der Waals surface area contributed by atoms with E-state index in [1.807, 2.05) is 0 Å². The molecule has 2 aromatic heterocycles. The average Bonchev–Trinajstić information content (AvgIpc) is 2.58. The van der Waals surface area contributed by atoms with Crippen LogP contribution in [0.25, 0.3) is 0 Å². The maximum atomic E-state index is 12.9. The zero-order chi connectivity index (χ0) is 21.1. The van der Waals surface area contributed by atoms with Crippen LogP contribution in [0.5, 0.6) is 11.6 Å². The number of aromatic nitrogens is 2.